The Bertz CT molecular complexity index is 328. The van der Waals surface area contributed by atoms with E-state index in [1.54, 1.807) is 0 Å². The van der Waals surface area contributed by atoms with Gasteiger partial charge < -0.3 is 14.8 Å². The largest absolute Gasteiger partial charge is 0.341 e. The van der Waals surface area contributed by atoms with Gasteiger partial charge in [0.05, 0.1) is 0 Å². The molecule has 4 nitrogen and oxygen atoms in total. The van der Waals surface area contributed by atoms with Crippen LogP contribution in [-0.4, -0.2) is 35.2 Å². The van der Waals surface area contributed by atoms with Crippen LogP contribution in [-0.2, 0) is 6.54 Å². The van der Waals surface area contributed by atoms with Crippen LogP contribution in [0.5, 0.6) is 0 Å². The summed E-state index contributed by atoms with van der Waals surface area (Å²) in [6.45, 7) is 8.75. The lowest BCUT2D eigenvalue weighted by Crippen LogP contribution is -2.39. The maximum atomic E-state index is 4.51. The quantitative estimate of drug-likeness (QED) is 0.818. The Morgan fingerprint density at radius 2 is 2.41 bits per heavy atom. The number of rotatable bonds is 6. The molecule has 0 spiro atoms. The second-order valence-electron chi connectivity index (χ2n) is 4.75. The van der Waals surface area contributed by atoms with Crippen LogP contribution in [0, 0.1) is 0 Å². The molecule has 17 heavy (non-hydrogen) atoms. The van der Waals surface area contributed by atoms with Gasteiger partial charge in [-0.15, -0.1) is 0 Å². The lowest BCUT2D eigenvalue weighted by molar-refractivity contribution is 0.562. The van der Waals surface area contributed by atoms with Crippen molar-refractivity contribution in [1.82, 2.24) is 14.9 Å². The van der Waals surface area contributed by atoms with Gasteiger partial charge in [0, 0.05) is 38.1 Å². The Hall–Kier alpha value is -1.03. The summed E-state index contributed by atoms with van der Waals surface area (Å²) in [5.74, 6) is 1.13. The first-order valence-corrected chi connectivity index (χ1v) is 6.84. The van der Waals surface area contributed by atoms with E-state index in [4.69, 9.17) is 0 Å². The van der Waals surface area contributed by atoms with E-state index in [1.807, 2.05) is 6.20 Å². The third-order valence-electron chi connectivity index (χ3n) is 3.41. The molecule has 1 saturated heterocycles. The molecule has 0 bridgehead atoms. The highest BCUT2D eigenvalue weighted by Crippen LogP contribution is 2.15. The molecular formula is C13H24N4. The molecule has 0 aliphatic carbocycles. The Morgan fingerprint density at radius 3 is 3.06 bits per heavy atom. The molecular weight excluding hydrogens is 212 g/mol. The number of aromatic nitrogens is 2. The molecule has 96 valence electrons. The summed E-state index contributed by atoms with van der Waals surface area (Å²) in [4.78, 5) is 6.93. The van der Waals surface area contributed by atoms with E-state index >= 15 is 0 Å². The fraction of sp³-hybridized carbons (Fsp3) is 0.769. The van der Waals surface area contributed by atoms with Gasteiger partial charge in [-0.25, -0.2) is 4.98 Å². The SMILES string of the molecule is CCCN(CC1CCCN1)c1nccn1CC. The standard InChI is InChI=1S/C13H24N4/c1-3-9-17(11-12-6-5-7-14-12)13-15-8-10-16(13)4-2/h8,10,12,14H,3-7,9,11H2,1-2H3. The maximum absolute atomic E-state index is 4.51. The summed E-state index contributed by atoms with van der Waals surface area (Å²) >= 11 is 0. The van der Waals surface area contributed by atoms with Crippen LogP contribution in [0.3, 0.4) is 0 Å². The Kier molecular flexibility index (Phi) is 4.42. The minimum Gasteiger partial charge on any atom is -0.341 e. The number of nitrogens with zero attached hydrogens (tertiary/aromatic N) is 3. The molecule has 0 aromatic carbocycles. The van der Waals surface area contributed by atoms with Crippen LogP contribution in [0.4, 0.5) is 5.95 Å². The zero-order chi connectivity index (χ0) is 12.1. The van der Waals surface area contributed by atoms with Crippen molar-refractivity contribution < 1.29 is 0 Å². The summed E-state index contributed by atoms with van der Waals surface area (Å²) in [6.07, 6.45) is 7.76. The summed E-state index contributed by atoms with van der Waals surface area (Å²) in [5.41, 5.74) is 0. The summed E-state index contributed by atoms with van der Waals surface area (Å²) in [5, 5.41) is 3.57. The van der Waals surface area contributed by atoms with E-state index < -0.39 is 0 Å². The van der Waals surface area contributed by atoms with Crippen LogP contribution >= 0.6 is 0 Å². The fourth-order valence-corrected chi connectivity index (χ4v) is 2.55. The molecule has 1 aliphatic rings. The van der Waals surface area contributed by atoms with Crippen molar-refractivity contribution in [3.8, 4) is 0 Å². The minimum absolute atomic E-state index is 0.642. The van der Waals surface area contributed by atoms with Gasteiger partial charge in [0.25, 0.3) is 0 Å². The molecule has 1 atom stereocenters. The average molecular weight is 236 g/mol. The molecule has 1 aromatic heterocycles. The van der Waals surface area contributed by atoms with E-state index in [1.165, 1.54) is 25.8 Å². The molecule has 2 heterocycles. The smallest absolute Gasteiger partial charge is 0.205 e. The first kappa shape index (κ1) is 12.4. The van der Waals surface area contributed by atoms with Gasteiger partial charge in [0.1, 0.15) is 0 Å². The number of imidazole rings is 1. The predicted octanol–water partition coefficient (Wildman–Crippen LogP) is 1.87. The Labute approximate surface area is 104 Å². The third-order valence-corrected chi connectivity index (χ3v) is 3.41. The highest BCUT2D eigenvalue weighted by Gasteiger charge is 2.19. The zero-order valence-corrected chi connectivity index (χ0v) is 11.0. The second kappa shape index (κ2) is 6.05. The highest BCUT2D eigenvalue weighted by atomic mass is 15.3. The molecule has 0 amide bonds. The maximum Gasteiger partial charge on any atom is 0.205 e. The topological polar surface area (TPSA) is 33.1 Å². The molecule has 1 unspecified atom stereocenters. The lowest BCUT2D eigenvalue weighted by Gasteiger charge is -2.26. The van der Waals surface area contributed by atoms with Gasteiger partial charge in [-0.1, -0.05) is 6.92 Å². The fourth-order valence-electron chi connectivity index (χ4n) is 2.55. The van der Waals surface area contributed by atoms with Crippen LogP contribution in [0.2, 0.25) is 0 Å². The van der Waals surface area contributed by atoms with Crippen molar-refractivity contribution in [3.63, 3.8) is 0 Å². The zero-order valence-electron chi connectivity index (χ0n) is 11.0. The van der Waals surface area contributed by atoms with Crippen molar-refractivity contribution in [3.05, 3.63) is 12.4 Å². The van der Waals surface area contributed by atoms with Crippen LogP contribution < -0.4 is 10.2 Å². The molecule has 0 saturated carbocycles. The van der Waals surface area contributed by atoms with Gasteiger partial charge >= 0.3 is 0 Å². The van der Waals surface area contributed by atoms with Crippen molar-refractivity contribution >= 4 is 5.95 Å². The number of hydrogen-bond acceptors (Lipinski definition) is 3. The second-order valence-corrected chi connectivity index (χ2v) is 4.75. The van der Waals surface area contributed by atoms with E-state index in [2.05, 4.69) is 39.8 Å². The van der Waals surface area contributed by atoms with Crippen molar-refractivity contribution in [1.29, 1.82) is 0 Å². The van der Waals surface area contributed by atoms with Crippen molar-refractivity contribution in [2.75, 3.05) is 24.5 Å². The molecule has 1 N–H and O–H groups in total. The first-order chi connectivity index (χ1) is 8.35. The highest BCUT2D eigenvalue weighted by molar-refractivity contribution is 5.31. The van der Waals surface area contributed by atoms with E-state index in [0.29, 0.717) is 6.04 Å². The normalized spacial score (nSPS) is 19.8. The molecule has 1 aliphatic heterocycles. The Morgan fingerprint density at radius 1 is 1.53 bits per heavy atom. The van der Waals surface area contributed by atoms with E-state index in [0.717, 1.165) is 25.6 Å². The predicted molar refractivity (Wildman–Crippen MR) is 71.4 cm³/mol. The molecule has 2 rings (SSSR count). The van der Waals surface area contributed by atoms with Crippen molar-refractivity contribution in [2.45, 2.75) is 45.7 Å². The lowest BCUT2D eigenvalue weighted by atomic mass is 10.2. The summed E-state index contributed by atoms with van der Waals surface area (Å²) in [7, 11) is 0. The van der Waals surface area contributed by atoms with Gasteiger partial charge in [-0.05, 0) is 32.7 Å². The Balaban J connectivity index is 2.04. The monoisotopic (exact) mass is 236 g/mol. The molecule has 0 radical (unpaired) electrons. The van der Waals surface area contributed by atoms with E-state index in [-0.39, 0.29) is 0 Å². The van der Waals surface area contributed by atoms with Gasteiger partial charge in [-0.2, -0.15) is 0 Å². The van der Waals surface area contributed by atoms with Gasteiger partial charge in [0.2, 0.25) is 5.95 Å². The molecule has 1 aromatic rings. The summed E-state index contributed by atoms with van der Waals surface area (Å²) < 4.78 is 2.23. The number of hydrogen-bond donors (Lipinski definition) is 1. The number of aryl methyl sites for hydroxylation is 1. The number of nitrogens with one attached hydrogen (secondary N) is 1. The van der Waals surface area contributed by atoms with Gasteiger partial charge in [-0.3, -0.25) is 0 Å². The van der Waals surface area contributed by atoms with Crippen LogP contribution in [0.15, 0.2) is 12.4 Å². The average Bonchev–Trinajstić information content (AvgIpc) is 2.98. The van der Waals surface area contributed by atoms with Crippen molar-refractivity contribution in [2.24, 2.45) is 0 Å². The van der Waals surface area contributed by atoms with Gasteiger partial charge in [0.15, 0.2) is 0 Å². The molecule has 1 fully saturated rings. The number of anilines is 1. The van der Waals surface area contributed by atoms with Crippen LogP contribution in [0.25, 0.3) is 0 Å². The molecule has 4 heteroatoms. The van der Waals surface area contributed by atoms with Crippen LogP contribution in [0.1, 0.15) is 33.1 Å². The van der Waals surface area contributed by atoms with E-state index in [9.17, 15) is 0 Å². The third kappa shape index (κ3) is 3.00. The minimum atomic E-state index is 0.642. The first-order valence-electron chi connectivity index (χ1n) is 6.84. The summed E-state index contributed by atoms with van der Waals surface area (Å²) in [6, 6.07) is 0.642.